The maximum absolute atomic E-state index is 6.31. The predicted molar refractivity (Wildman–Crippen MR) is 85.5 cm³/mol. The minimum atomic E-state index is -0.0956. The molecule has 2 aromatic carbocycles. The molecule has 0 radical (unpaired) electrons. The topological polar surface area (TPSA) is 35.2 Å². The van der Waals surface area contributed by atoms with Crippen molar-refractivity contribution in [3.8, 4) is 5.75 Å². The van der Waals surface area contributed by atoms with Gasteiger partial charge in [0.05, 0.1) is 7.11 Å². The Morgan fingerprint density at radius 2 is 1.89 bits per heavy atom. The van der Waals surface area contributed by atoms with E-state index >= 15 is 0 Å². The number of ether oxygens (including phenoxy) is 1. The number of nitrogens with two attached hydrogens (primary N) is 1. The molecule has 0 aliphatic carbocycles. The van der Waals surface area contributed by atoms with Crippen LogP contribution in [0.3, 0.4) is 0 Å². The number of hydrogen-bond acceptors (Lipinski definition) is 2. The van der Waals surface area contributed by atoms with Gasteiger partial charge in [-0.05, 0) is 30.2 Å². The summed E-state index contributed by atoms with van der Waals surface area (Å²) >= 11 is 6.99. The summed E-state index contributed by atoms with van der Waals surface area (Å²) in [5.74, 6) is 0.814. The van der Waals surface area contributed by atoms with Crippen molar-refractivity contribution in [1.29, 1.82) is 0 Å². The molecule has 0 aromatic heterocycles. The molecule has 0 saturated heterocycles. The van der Waals surface area contributed by atoms with E-state index in [1.165, 1.54) is 5.56 Å². The summed E-state index contributed by atoms with van der Waals surface area (Å²) in [5.41, 5.74) is 8.52. The predicted octanol–water partition coefficient (Wildman–Crippen LogP) is 4.46. The van der Waals surface area contributed by atoms with Crippen LogP contribution >= 0.6 is 31.9 Å². The number of rotatable bonds is 4. The third-order valence-electron chi connectivity index (χ3n) is 2.99. The largest absolute Gasteiger partial charge is 0.496 e. The summed E-state index contributed by atoms with van der Waals surface area (Å²) in [5, 5.41) is 0. The standard InChI is InChI=1S/C15H15Br2NO/c1-19-15-9-11(16)6-7-12(15)14(18)8-10-4-2-3-5-13(10)17/h2-7,9,14H,8,18H2,1H3. The van der Waals surface area contributed by atoms with Crippen LogP contribution in [0.4, 0.5) is 0 Å². The van der Waals surface area contributed by atoms with E-state index in [4.69, 9.17) is 10.5 Å². The van der Waals surface area contributed by atoms with Crippen molar-refractivity contribution >= 4 is 31.9 Å². The van der Waals surface area contributed by atoms with Crippen molar-refractivity contribution in [3.63, 3.8) is 0 Å². The molecule has 0 aliphatic rings. The lowest BCUT2D eigenvalue weighted by Gasteiger charge is -2.16. The van der Waals surface area contributed by atoms with Crippen LogP contribution in [0.25, 0.3) is 0 Å². The van der Waals surface area contributed by atoms with Crippen LogP contribution in [-0.4, -0.2) is 7.11 Å². The number of halogens is 2. The fraction of sp³-hybridized carbons (Fsp3) is 0.200. The number of benzene rings is 2. The Kier molecular flexibility index (Phi) is 5.02. The monoisotopic (exact) mass is 383 g/mol. The van der Waals surface area contributed by atoms with Gasteiger partial charge in [0.15, 0.2) is 0 Å². The molecule has 19 heavy (non-hydrogen) atoms. The van der Waals surface area contributed by atoms with Crippen LogP contribution in [0.15, 0.2) is 51.4 Å². The minimum absolute atomic E-state index is 0.0956. The molecule has 2 aromatic rings. The molecule has 2 N–H and O–H groups in total. The number of methoxy groups -OCH3 is 1. The second kappa shape index (κ2) is 6.55. The molecule has 1 atom stereocenters. The number of hydrogen-bond donors (Lipinski definition) is 1. The molecular formula is C15H15Br2NO. The molecule has 100 valence electrons. The highest BCUT2D eigenvalue weighted by molar-refractivity contribution is 9.10. The van der Waals surface area contributed by atoms with Crippen LogP contribution in [0.5, 0.6) is 5.75 Å². The average Bonchev–Trinajstić information content (AvgIpc) is 2.41. The first-order chi connectivity index (χ1) is 9.11. The second-order valence-electron chi connectivity index (χ2n) is 4.29. The van der Waals surface area contributed by atoms with Crippen LogP contribution < -0.4 is 10.5 Å². The van der Waals surface area contributed by atoms with Gasteiger partial charge in [-0.15, -0.1) is 0 Å². The molecule has 4 heteroatoms. The Balaban J connectivity index is 2.25. The van der Waals surface area contributed by atoms with E-state index < -0.39 is 0 Å². The van der Waals surface area contributed by atoms with Crippen molar-refractivity contribution in [1.82, 2.24) is 0 Å². The van der Waals surface area contributed by atoms with Gasteiger partial charge in [0.25, 0.3) is 0 Å². The zero-order valence-electron chi connectivity index (χ0n) is 10.6. The normalized spacial score (nSPS) is 12.2. The van der Waals surface area contributed by atoms with Gasteiger partial charge in [-0.3, -0.25) is 0 Å². The quantitative estimate of drug-likeness (QED) is 0.844. The maximum Gasteiger partial charge on any atom is 0.124 e. The summed E-state index contributed by atoms with van der Waals surface area (Å²) in [6.07, 6.45) is 0.763. The Morgan fingerprint density at radius 3 is 2.58 bits per heavy atom. The smallest absolute Gasteiger partial charge is 0.124 e. The summed E-state index contributed by atoms with van der Waals surface area (Å²) in [6.45, 7) is 0. The zero-order chi connectivity index (χ0) is 13.8. The van der Waals surface area contributed by atoms with Crippen molar-refractivity contribution < 1.29 is 4.74 Å². The van der Waals surface area contributed by atoms with E-state index in [0.29, 0.717) is 0 Å². The molecule has 0 amide bonds. The maximum atomic E-state index is 6.31. The van der Waals surface area contributed by atoms with E-state index in [1.54, 1.807) is 7.11 Å². The Hall–Kier alpha value is -0.840. The zero-order valence-corrected chi connectivity index (χ0v) is 13.7. The lowest BCUT2D eigenvalue weighted by Crippen LogP contribution is -2.14. The molecule has 0 saturated carbocycles. The summed E-state index contributed by atoms with van der Waals surface area (Å²) in [4.78, 5) is 0. The highest BCUT2D eigenvalue weighted by Crippen LogP contribution is 2.30. The van der Waals surface area contributed by atoms with Crippen molar-refractivity contribution in [2.45, 2.75) is 12.5 Å². The first kappa shape index (κ1) is 14.6. The SMILES string of the molecule is COc1cc(Br)ccc1C(N)Cc1ccccc1Br. The summed E-state index contributed by atoms with van der Waals surface area (Å²) in [6, 6.07) is 14.0. The summed E-state index contributed by atoms with van der Waals surface area (Å²) in [7, 11) is 1.66. The fourth-order valence-corrected chi connectivity index (χ4v) is 2.79. The fourth-order valence-electron chi connectivity index (χ4n) is 2.00. The van der Waals surface area contributed by atoms with Crippen molar-refractivity contribution in [2.24, 2.45) is 5.73 Å². The van der Waals surface area contributed by atoms with Crippen LogP contribution in [0.1, 0.15) is 17.2 Å². The highest BCUT2D eigenvalue weighted by Gasteiger charge is 2.14. The van der Waals surface area contributed by atoms with Gasteiger partial charge in [0, 0.05) is 20.6 Å². The Labute approximate surface area is 130 Å². The van der Waals surface area contributed by atoms with E-state index in [0.717, 1.165) is 26.7 Å². The average molecular weight is 385 g/mol. The third-order valence-corrected chi connectivity index (χ3v) is 4.26. The first-order valence-corrected chi connectivity index (χ1v) is 7.53. The van der Waals surface area contributed by atoms with Crippen LogP contribution in [0.2, 0.25) is 0 Å². The summed E-state index contributed by atoms with van der Waals surface area (Å²) < 4.78 is 7.47. The van der Waals surface area contributed by atoms with Gasteiger partial charge in [-0.25, -0.2) is 0 Å². The lowest BCUT2D eigenvalue weighted by atomic mass is 9.99. The Morgan fingerprint density at radius 1 is 1.16 bits per heavy atom. The van der Waals surface area contributed by atoms with Crippen LogP contribution in [-0.2, 0) is 6.42 Å². The van der Waals surface area contributed by atoms with Gasteiger partial charge >= 0.3 is 0 Å². The van der Waals surface area contributed by atoms with Gasteiger partial charge in [0.1, 0.15) is 5.75 Å². The first-order valence-electron chi connectivity index (χ1n) is 5.94. The third kappa shape index (κ3) is 3.59. The van der Waals surface area contributed by atoms with Gasteiger partial charge in [0.2, 0.25) is 0 Å². The molecule has 1 unspecified atom stereocenters. The van der Waals surface area contributed by atoms with Gasteiger partial charge in [-0.2, -0.15) is 0 Å². The van der Waals surface area contributed by atoms with Crippen LogP contribution in [0, 0.1) is 0 Å². The second-order valence-corrected chi connectivity index (χ2v) is 6.06. The van der Waals surface area contributed by atoms with E-state index in [9.17, 15) is 0 Å². The lowest BCUT2D eigenvalue weighted by molar-refractivity contribution is 0.405. The molecule has 0 aliphatic heterocycles. The Bertz CT molecular complexity index is 572. The van der Waals surface area contributed by atoms with E-state index in [-0.39, 0.29) is 6.04 Å². The van der Waals surface area contributed by atoms with E-state index in [1.807, 2.05) is 36.4 Å². The molecular weight excluding hydrogens is 370 g/mol. The molecule has 0 spiro atoms. The van der Waals surface area contributed by atoms with Crippen molar-refractivity contribution in [3.05, 3.63) is 62.5 Å². The van der Waals surface area contributed by atoms with Gasteiger partial charge < -0.3 is 10.5 Å². The van der Waals surface area contributed by atoms with E-state index in [2.05, 4.69) is 37.9 Å². The molecule has 2 nitrogen and oxygen atoms in total. The molecule has 0 fully saturated rings. The van der Waals surface area contributed by atoms with Crippen molar-refractivity contribution in [2.75, 3.05) is 7.11 Å². The molecule has 0 heterocycles. The highest BCUT2D eigenvalue weighted by atomic mass is 79.9. The molecule has 0 bridgehead atoms. The van der Waals surface area contributed by atoms with Gasteiger partial charge in [-0.1, -0.05) is 56.1 Å². The minimum Gasteiger partial charge on any atom is -0.496 e. The molecule has 2 rings (SSSR count).